The van der Waals surface area contributed by atoms with Gasteiger partial charge in [-0.25, -0.2) is 0 Å². The molecular weight excluding hydrogens is 230 g/mol. The van der Waals surface area contributed by atoms with E-state index in [-0.39, 0.29) is 7.43 Å². The third-order valence-electron chi connectivity index (χ3n) is 4.33. The standard InChI is InChI=1S/C15H21N.C2H6.CH4/c1-12-5-7-13(8-6-12)9-16-10-14-3-2-4-15(14)11-16;1-2;/h5-8,14-15H,2-4,9-11H2,1H3;1-2H3;1H4. The SMILES string of the molecule is C.CC.Cc1ccc(CN2CC3CCCC3C2)cc1. The molecule has 2 fully saturated rings. The highest BCUT2D eigenvalue weighted by Crippen LogP contribution is 2.38. The number of hydrogen-bond acceptors (Lipinski definition) is 1. The van der Waals surface area contributed by atoms with Crippen LogP contribution in [-0.2, 0) is 6.54 Å². The molecule has 1 saturated heterocycles. The molecule has 1 saturated carbocycles. The second-order valence-electron chi connectivity index (χ2n) is 5.63. The molecule has 0 amide bonds. The molecule has 1 heterocycles. The summed E-state index contributed by atoms with van der Waals surface area (Å²) in [4.78, 5) is 2.65. The van der Waals surface area contributed by atoms with Crippen molar-refractivity contribution in [3.8, 4) is 0 Å². The summed E-state index contributed by atoms with van der Waals surface area (Å²) in [6.07, 6.45) is 4.44. The van der Waals surface area contributed by atoms with Gasteiger partial charge in [-0.2, -0.15) is 0 Å². The van der Waals surface area contributed by atoms with Gasteiger partial charge in [0.25, 0.3) is 0 Å². The summed E-state index contributed by atoms with van der Waals surface area (Å²) >= 11 is 0. The summed E-state index contributed by atoms with van der Waals surface area (Å²) in [6, 6.07) is 9.02. The van der Waals surface area contributed by atoms with E-state index in [1.54, 1.807) is 0 Å². The molecule has 0 radical (unpaired) electrons. The van der Waals surface area contributed by atoms with Gasteiger partial charge in [-0.1, -0.05) is 57.5 Å². The first-order valence-corrected chi connectivity index (χ1v) is 7.59. The molecule has 108 valence electrons. The molecule has 1 aliphatic carbocycles. The highest BCUT2D eigenvalue weighted by atomic mass is 15.2. The Bertz CT molecular complexity index is 342. The van der Waals surface area contributed by atoms with Crippen molar-refractivity contribution in [2.24, 2.45) is 11.8 Å². The molecule has 1 aromatic carbocycles. The van der Waals surface area contributed by atoms with Gasteiger partial charge in [0.15, 0.2) is 0 Å². The molecule has 2 aliphatic rings. The maximum Gasteiger partial charge on any atom is 0.0233 e. The maximum atomic E-state index is 2.65. The van der Waals surface area contributed by atoms with Crippen molar-refractivity contribution in [1.82, 2.24) is 4.90 Å². The molecule has 0 aromatic heterocycles. The van der Waals surface area contributed by atoms with Crippen LogP contribution < -0.4 is 0 Å². The van der Waals surface area contributed by atoms with Crippen LogP contribution in [0, 0.1) is 18.8 Å². The minimum atomic E-state index is 0. The molecule has 1 heteroatoms. The summed E-state index contributed by atoms with van der Waals surface area (Å²) in [7, 11) is 0. The topological polar surface area (TPSA) is 3.24 Å². The summed E-state index contributed by atoms with van der Waals surface area (Å²) in [6.45, 7) is 10.0. The van der Waals surface area contributed by atoms with Gasteiger partial charge in [-0.15, -0.1) is 0 Å². The van der Waals surface area contributed by atoms with E-state index < -0.39 is 0 Å². The van der Waals surface area contributed by atoms with Crippen LogP contribution in [0.2, 0.25) is 0 Å². The van der Waals surface area contributed by atoms with Crippen LogP contribution in [-0.4, -0.2) is 18.0 Å². The van der Waals surface area contributed by atoms with Crippen molar-refractivity contribution in [2.45, 2.75) is 54.0 Å². The Morgan fingerprint density at radius 2 is 1.53 bits per heavy atom. The molecule has 0 bridgehead atoms. The quantitative estimate of drug-likeness (QED) is 0.732. The zero-order valence-corrected chi connectivity index (χ0v) is 12.2. The van der Waals surface area contributed by atoms with Crippen molar-refractivity contribution in [1.29, 1.82) is 0 Å². The highest BCUT2D eigenvalue weighted by Gasteiger charge is 2.35. The summed E-state index contributed by atoms with van der Waals surface area (Å²) in [5.41, 5.74) is 2.84. The summed E-state index contributed by atoms with van der Waals surface area (Å²) in [5.74, 6) is 2.04. The third-order valence-corrected chi connectivity index (χ3v) is 4.33. The second-order valence-corrected chi connectivity index (χ2v) is 5.63. The lowest BCUT2D eigenvalue weighted by Crippen LogP contribution is -2.20. The van der Waals surface area contributed by atoms with Crippen molar-refractivity contribution in [2.75, 3.05) is 13.1 Å². The van der Waals surface area contributed by atoms with Crippen molar-refractivity contribution in [3.63, 3.8) is 0 Å². The number of likely N-dealkylation sites (tertiary alicyclic amines) is 1. The summed E-state index contributed by atoms with van der Waals surface area (Å²) < 4.78 is 0. The van der Waals surface area contributed by atoms with Gasteiger partial charge in [0.2, 0.25) is 0 Å². The Morgan fingerprint density at radius 1 is 1.00 bits per heavy atom. The first-order valence-electron chi connectivity index (χ1n) is 7.59. The van der Waals surface area contributed by atoms with Crippen LogP contribution in [0.15, 0.2) is 24.3 Å². The first-order chi connectivity index (χ1) is 8.81. The van der Waals surface area contributed by atoms with Crippen LogP contribution in [0.5, 0.6) is 0 Å². The summed E-state index contributed by atoms with van der Waals surface area (Å²) in [5, 5.41) is 0. The van der Waals surface area contributed by atoms with Crippen LogP contribution in [0.1, 0.15) is 51.7 Å². The third kappa shape index (κ3) is 4.07. The Hall–Kier alpha value is -0.820. The van der Waals surface area contributed by atoms with Gasteiger partial charge in [0.1, 0.15) is 0 Å². The Labute approximate surface area is 120 Å². The normalized spacial score (nSPS) is 25.2. The first kappa shape index (κ1) is 16.2. The fourth-order valence-electron chi connectivity index (χ4n) is 3.41. The second kappa shape index (κ2) is 7.69. The van der Waals surface area contributed by atoms with E-state index in [1.165, 1.54) is 43.5 Å². The van der Waals surface area contributed by atoms with E-state index in [0.29, 0.717) is 0 Å². The van der Waals surface area contributed by atoms with E-state index in [4.69, 9.17) is 0 Å². The van der Waals surface area contributed by atoms with Crippen LogP contribution >= 0.6 is 0 Å². The Balaban J connectivity index is 0.000000576. The molecule has 0 spiro atoms. The lowest BCUT2D eigenvalue weighted by Gasteiger charge is -2.16. The van der Waals surface area contributed by atoms with E-state index in [2.05, 4.69) is 36.1 Å². The average molecular weight is 261 g/mol. The fourth-order valence-corrected chi connectivity index (χ4v) is 3.41. The van der Waals surface area contributed by atoms with Crippen LogP contribution in [0.25, 0.3) is 0 Å². The average Bonchev–Trinajstić information content (AvgIpc) is 2.95. The predicted octanol–water partition coefficient (Wildman–Crippen LogP) is 4.89. The monoisotopic (exact) mass is 261 g/mol. The fraction of sp³-hybridized carbons (Fsp3) is 0.667. The predicted molar refractivity (Wildman–Crippen MR) is 85.4 cm³/mol. The van der Waals surface area contributed by atoms with E-state index in [1.807, 2.05) is 13.8 Å². The number of benzene rings is 1. The Morgan fingerprint density at radius 3 is 2.05 bits per heavy atom. The molecule has 1 nitrogen and oxygen atoms in total. The van der Waals surface area contributed by atoms with Gasteiger partial charge in [-0.3, -0.25) is 4.90 Å². The van der Waals surface area contributed by atoms with Crippen molar-refractivity contribution >= 4 is 0 Å². The Kier molecular flexibility index (Phi) is 6.57. The smallest absolute Gasteiger partial charge is 0.0233 e. The lowest BCUT2D eigenvalue weighted by molar-refractivity contribution is 0.303. The van der Waals surface area contributed by atoms with E-state index in [9.17, 15) is 0 Å². The van der Waals surface area contributed by atoms with E-state index in [0.717, 1.165) is 18.4 Å². The lowest BCUT2D eigenvalue weighted by atomic mass is 10.0. The van der Waals surface area contributed by atoms with E-state index >= 15 is 0 Å². The van der Waals surface area contributed by atoms with Gasteiger partial charge in [-0.05, 0) is 37.2 Å². The molecule has 3 rings (SSSR count). The van der Waals surface area contributed by atoms with Gasteiger partial charge >= 0.3 is 0 Å². The number of fused-ring (bicyclic) bond motifs is 1. The highest BCUT2D eigenvalue weighted by molar-refractivity contribution is 5.21. The molecule has 2 unspecified atom stereocenters. The number of hydrogen-bond donors (Lipinski definition) is 0. The number of rotatable bonds is 2. The minimum absolute atomic E-state index is 0. The molecular formula is C18H31N. The molecule has 0 N–H and O–H groups in total. The largest absolute Gasteiger partial charge is 0.299 e. The zero-order chi connectivity index (χ0) is 13.0. The molecule has 2 atom stereocenters. The minimum Gasteiger partial charge on any atom is -0.299 e. The molecule has 1 aliphatic heterocycles. The zero-order valence-electron chi connectivity index (χ0n) is 12.2. The maximum absolute atomic E-state index is 2.65. The van der Waals surface area contributed by atoms with Gasteiger partial charge < -0.3 is 0 Å². The van der Waals surface area contributed by atoms with Crippen molar-refractivity contribution in [3.05, 3.63) is 35.4 Å². The van der Waals surface area contributed by atoms with Crippen LogP contribution in [0.4, 0.5) is 0 Å². The molecule has 19 heavy (non-hydrogen) atoms. The number of nitrogens with zero attached hydrogens (tertiary/aromatic N) is 1. The van der Waals surface area contributed by atoms with Crippen LogP contribution in [0.3, 0.4) is 0 Å². The van der Waals surface area contributed by atoms with Gasteiger partial charge in [0, 0.05) is 19.6 Å². The van der Waals surface area contributed by atoms with Crippen molar-refractivity contribution < 1.29 is 0 Å². The molecule has 1 aromatic rings. The van der Waals surface area contributed by atoms with Gasteiger partial charge in [0.05, 0.1) is 0 Å². The number of aryl methyl sites for hydroxylation is 1.